The maximum absolute atomic E-state index is 12.6. The first-order valence-electron chi connectivity index (χ1n) is 8.54. The molecule has 1 N–H and O–H groups in total. The van der Waals surface area contributed by atoms with E-state index < -0.39 is 17.8 Å². The Morgan fingerprint density at radius 3 is 2.15 bits per heavy atom. The Labute approximate surface area is 152 Å². The maximum atomic E-state index is 12.6. The van der Waals surface area contributed by atoms with Gasteiger partial charge in [-0.2, -0.15) is 0 Å². The Kier molecular flexibility index (Phi) is 5.14. The molecular formula is C20H22N3O3+. The third-order valence-corrected chi connectivity index (χ3v) is 4.50. The molecule has 1 heterocycles. The fraction of sp³-hybridized carbons (Fsp3) is 0.250. The number of quaternary nitrogens is 1. The van der Waals surface area contributed by atoms with Gasteiger partial charge < -0.3 is 4.90 Å². The van der Waals surface area contributed by atoms with Crippen LogP contribution in [0.15, 0.2) is 54.6 Å². The van der Waals surface area contributed by atoms with E-state index in [2.05, 4.69) is 0 Å². The summed E-state index contributed by atoms with van der Waals surface area (Å²) in [6.45, 7) is 2.96. The van der Waals surface area contributed by atoms with E-state index in [1.54, 1.807) is 0 Å². The Balaban J connectivity index is 1.68. The Bertz CT molecular complexity index is 835. The third-order valence-electron chi connectivity index (χ3n) is 4.50. The number of hydrogen-bond donors (Lipinski definition) is 1. The van der Waals surface area contributed by atoms with Crippen molar-refractivity contribution in [2.45, 2.75) is 20.0 Å². The molecule has 2 aromatic rings. The number of carbonyl (C=O) groups excluding carboxylic acids is 3. The summed E-state index contributed by atoms with van der Waals surface area (Å²) in [5, 5.41) is 0. The molecule has 1 aliphatic rings. The maximum Gasteiger partial charge on any atom is 0.339 e. The van der Waals surface area contributed by atoms with Crippen molar-refractivity contribution in [1.29, 1.82) is 0 Å². The molecule has 1 aliphatic heterocycles. The number of amides is 4. The van der Waals surface area contributed by atoms with Gasteiger partial charge in [-0.05, 0) is 18.1 Å². The molecule has 1 fully saturated rings. The van der Waals surface area contributed by atoms with Gasteiger partial charge >= 0.3 is 17.8 Å². The minimum Gasteiger partial charge on any atom is -0.316 e. The van der Waals surface area contributed by atoms with Gasteiger partial charge in [0, 0.05) is 5.56 Å². The second kappa shape index (κ2) is 7.49. The monoisotopic (exact) mass is 352 g/mol. The number of hydrogen-bond acceptors (Lipinski definition) is 3. The lowest BCUT2D eigenvalue weighted by Crippen LogP contribution is -3.09. The van der Waals surface area contributed by atoms with E-state index in [-0.39, 0.29) is 13.2 Å². The van der Waals surface area contributed by atoms with Crippen LogP contribution in [0.4, 0.5) is 4.79 Å². The Hall–Kier alpha value is -2.99. The highest BCUT2D eigenvalue weighted by Crippen LogP contribution is 2.15. The molecule has 2 aromatic carbocycles. The zero-order valence-electron chi connectivity index (χ0n) is 14.9. The molecule has 6 nitrogen and oxygen atoms in total. The molecule has 0 spiro atoms. The number of urea groups is 1. The Morgan fingerprint density at radius 1 is 0.846 bits per heavy atom. The van der Waals surface area contributed by atoms with E-state index in [4.69, 9.17) is 0 Å². The van der Waals surface area contributed by atoms with Crippen molar-refractivity contribution in [2.75, 3.05) is 13.7 Å². The van der Waals surface area contributed by atoms with Crippen molar-refractivity contribution in [3.63, 3.8) is 0 Å². The molecule has 6 heteroatoms. The van der Waals surface area contributed by atoms with Gasteiger partial charge in [0.05, 0.1) is 13.6 Å². The van der Waals surface area contributed by atoms with Crippen LogP contribution < -0.4 is 4.90 Å². The van der Waals surface area contributed by atoms with E-state index in [9.17, 15) is 14.4 Å². The zero-order chi connectivity index (χ0) is 18.7. The van der Waals surface area contributed by atoms with Gasteiger partial charge in [-0.3, -0.25) is 14.5 Å². The van der Waals surface area contributed by atoms with Crippen LogP contribution >= 0.6 is 0 Å². The van der Waals surface area contributed by atoms with Crippen LogP contribution in [-0.2, 0) is 22.7 Å². The molecule has 0 saturated carbocycles. The van der Waals surface area contributed by atoms with Crippen molar-refractivity contribution >= 4 is 17.8 Å². The highest BCUT2D eigenvalue weighted by molar-refractivity contribution is 6.44. The summed E-state index contributed by atoms with van der Waals surface area (Å²) in [5.74, 6) is -1.52. The summed E-state index contributed by atoms with van der Waals surface area (Å²) in [5.41, 5.74) is 3.12. The normalized spacial score (nSPS) is 15.7. The van der Waals surface area contributed by atoms with Gasteiger partial charge in [-0.1, -0.05) is 54.6 Å². The number of rotatable bonds is 6. The van der Waals surface area contributed by atoms with Crippen molar-refractivity contribution in [1.82, 2.24) is 9.80 Å². The number of carbonyl (C=O) groups is 3. The van der Waals surface area contributed by atoms with Gasteiger partial charge in [-0.25, -0.2) is 9.69 Å². The highest BCUT2D eigenvalue weighted by atomic mass is 16.2. The standard InChI is InChI=1S/C20H21N3O3/c1-15-8-6-7-11-17(15)13-21(2)14-23-19(25)18(24)22(20(23)26)12-16-9-4-3-5-10-16/h3-11H,12-14H2,1-2H3/p+1. The molecule has 0 aromatic heterocycles. The van der Waals surface area contributed by atoms with Crippen LogP contribution in [0, 0.1) is 6.92 Å². The van der Waals surface area contributed by atoms with Crippen LogP contribution in [-0.4, -0.2) is 41.4 Å². The largest absolute Gasteiger partial charge is 0.339 e. The minimum atomic E-state index is -0.762. The van der Waals surface area contributed by atoms with Crippen LogP contribution in [0.3, 0.4) is 0 Å². The number of benzene rings is 2. The summed E-state index contributed by atoms with van der Waals surface area (Å²) < 4.78 is 0. The molecule has 0 radical (unpaired) electrons. The van der Waals surface area contributed by atoms with E-state index in [0.717, 1.165) is 31.4 Å². The molecule has 0 aliphatic carbocycles. The topological polar surface area (TPSA) is 62.1 Å². The van der Waals surface area contributed by atoms with Gasteiger partial charge in [0.25, 0.3) is 0 Å². The van der Waals surface area contributed by atoms with Crippen molar-refractivity contribution in [3.05, 3.63) is 71.3 Å². The van der Waals surface area contributed by atoms with Gasteiger partial charge in [0.2, 0.25) is 0 Å². The minimum absolute atomic E-state index is 0.109. The zero-order valence-corrected chi connectivity index (χ0v) is 14.9. The van der Waals surface area contributed by atoms with Gasteiger partial charge in [-0.15, -0.1) is 0 Å². The number of aryl methyl sites for hydroxylation is 1. The average molecular weight is 352 g/mol. The quantitative estimate of drug-likeness (QED) is 0.622. The van der Waals surface area contributed by atoms with E-state index >= 15 is 0 Å². The fourth-order valence-electron chi connectivity index (χ4n) is 3.05. The summed E-state index contributed by atoms with van der Waals surface area (Å²) >= 11 is 0. The van der Waals surface area contributed by atoms with Gasteiger partial charge in [0.1, 0.15) is 6.54 Å². The molecule has 0 bridgehead atoms. The van der Waals surface area contributed by atoms with E-state index in [1.807, 2.05) is 68.6 Å². The van der Waals surface area contributed by atoms with Gasteiger partial charge in [0.15, 0.2) is 6.67 Å². The van der Waals surface area contributed by atoms with E-state index in [0.29, 0.717) is 6.54 Å². The van der Waals surface area contributed by atoms with Crippen molar-refractivity contribution in [2.24, 2.45) is 0 Å². The molecule has 1 saturated heterocycles. The molecule has 1 atom stereocenters. The molecule has 4 amide bonds. The number of nitrogens with zero attached hydrogens (tertiary/aromatic N) is 2. The molecule has 26 heavy (non-hydrogen) atoms. The smallest absolute Gasteiger partial charge is 0.316 e. The third kappa shape index (κ3) is 3.65. The predicted molar refractivity (Wildman–Crippen MR) is 95.9 cm³/mol. The Morgan fingerprint density at radius 2 is 1.46 bits per heavy atom. The SMILES string of the molecule is Cc1ccccc1C[NH+](C)CN1C(=O)C(=O)N(Cc2ccccc2)C1=O. The first-order chi connectivity index (χ1) is 12.5. The highest BCUT2D eigenvalue weighted by Gasteiger charge is 2.45. The molecule has 134 valence electrons. The lowest BCUT2D eigenvalue weighted by molar-refractivity contribution is -0.901. The molecular weight excluding hydrogens is 330 g/mol. The predicted octanol–water partition coefficient (Wildman–Crippen LogP) is 0.958. The lowest BCUT2D eigenvalue weighted by Gasteiger charge is -2.20. The van der Waals surface area contributed by atoms with Crippen molar-refractivity contribution in [3.8, 4) is 0 Å². The summed E-state index contributed by atoms with van der Waals surface area (Å²) in [4.78, 5) is 40.1. The average Bonchev–Trinajstić information content (AvgIpc) is 2.83. The molecule has 1 unspecified atom stereocenters. The lowest BCUT2D eigenvalue weighted by atomic mass is 10.1. The van der Waals surface area contributed by atoms with Crippen LogP contribution in [0.25, 0.3) is 0 Å². The van der Waals surface area contributed by atoms with Crippen molar-refractivity contribution < 1.29 is 19.3 Å². The van der Waals surface area contributed by atoms with Crippen LogP contribution in [0.2, 0.25) is 0 Å². The first kappa shape index (κ1) is 17.8. The number of nitrogens with one attached hydrogen (secondary N) is 1. The van der Waals surface area contributed by atoms with E-state index in [1.165, 1.54) is 0 Å². The number of imide groups is 2. The second-order valence-corrected chi connectivity index (χ2v) is 6.61. The summed E-state index contributed by atoms with van der Waals surface area (Å²) in [6.07, 6.45) is 0. The van der Waals surface area contributed by atoms with Crippen LogP contribution in [0.1, 0.15) is 16.7 Å². The molecule has 3 rings (SSSR count). The fourth-order valence-corrected chi connectivity index (χ4v) is 3.05. The second-order valence-electron chi connectivity index (χ2n) is 6.61. The first-order valence-corrected chi connectivity index (χ1v) is 8.54. The summed E-state index contributed by atoms with van der Waals surface area (Å²) in [7, 11) is 1.90. The van der Waals surface area contributed by atoms with Crippen LogP contribution in [0.5, 0.6) is 0 Å². The summed E-state index contributed by atoms with van der Waals surface area (Å²) in [6, 6.07) is 16.6.